The van der Waals surface area contributed by atoms with Crippen molar-refractivity contribution in [2.75, 3.05) is 0 Å². The molecule has 2 aliphatic carbocycles. The van der Waals surface area contributed by atoms with Gasteiger partial charge in [-0.15, -0.1) is 5.92 Å². The number of hydrogen-bond acceptors (Lipinski definition) is 1. The van der Waals surface area contributed by atoms with Gasteiger partial charge in [0.15, 0.2) is 0 Å². The highest BCUT2D eigenvalue weighted by Crippen LogP contribution is 2.47. The van der Waals surface area contributed by atoms with Crippen LogP contribution in [0.25, 0.3) is 0 Å². The van der Waals surface area contributed by atoms with Crippen molar-refractivity contribution >= 4 is 0 Å². The Hall–Kier alpha value is -0.740. The zero-order valence-electron chi connectivity index (χ0n) is 8.84. The highest BCUT2D eigenvalue weighted by atomic mass is 16.3. The van der Waals surface area contributed by atoms with Crippen LogP contribution in [-0.2, 0) is 0 Å². The van der Waals surface area contributed by atoms with E-state index in [4.69, 9.17) is 0 Å². The maximum Gasteiger partial charge on any atom is 0.144 e. The Balaban J connectivity index is 2.15. The van der Waals surface area contributed by atoms with Crippen molar-refractivity contribution in [3.63, 3.8) is 0 Å². The quantitative estimate of drug-likeness (QED) is 0.460. The van der Waals surface area contributed by atoms with E-state index in [0.717, 1.165) is 12.8 Å². The smallest absolute Gasteiger partial charge is 0.144 e. The molecule has 1 saturated carbocycles. The first-order valence-electron chi connectivity index (χ1n) is 5.55. The zero-order chi connectivity index (χ0) is 10.1. The molecule has 1 nitrogen and oxygen atoms in total. The van der Waals surface area contributed by atoms with Crippen LogP contribution >= 0.6 is 0 Å². The fraction of sp³-hybridized carbons (Fsp3) is 0.692. The number of hydrogen-bond donors (Lipinski definition) is 1. The van der Waals surface area contributed by atoms with Gasteiger partial charge in [-0.05, 0) is 44.1 Å². The molecule has 0 radical (unpaired) electrons. The third-order valence-electron chi connectivity index (χ3n) is 3.66. The molecule has 0 bridgehead atoms. The van der Waals surface area contributed by atoms with E-state index in [-0.39, 0.29) is 0 Å². The van der Waals surface area contributed by atoms with Crippen molar-refractivity contribution in [2.24, 2.45) is 5.41 Å². The largest absolute Gasteiger partial charge is 0.374 e. The first-order valence-corrected chi connectivity index (χ1v) is 5.55. The first kappa shape index (κ1) is 9.80. The summed E-state index contributed by atoms with van der Waals surface area (Å²) >= 11 is 0. The summed E-state index contributed by atoms with van der Waals surface area (Å²) in [7, 11) is 0. The summed E-state index contributed by atoms with van der Waals surface area (Å²) < 4.78 is 0. The van der Waals surface area contributed by atoms with Crippen LogP contribution in [-0.4, -0.2) is 10.7 Å². The third kappa shape index (κ3) is 1.72. The van der Waals surface area contributed by atoms with Crippen LogP contribution in [0.3, 0.4) is 0 Å². The second-order valence-electron chi connectivity index (χ2n) is 4.70. The Morgan fingerprint density at radius 3 is 2.29 bits per heavy atom. The van der Waals surface area contributed by atoms with E-state index in [9.17, 15) is 5.11 Å². The molecule has 0 amide bonds. The summed E-state index contributed by atoms with van der Waals surface area (Å²) in [6, 6.07) is 0. The van der Waals surface area contributed by atoms with Crippen LogP contribution in [0.2, 0.25) is 0 Å². The van der Waals surface area contributed by atoms with Crippen molar-refractivity contribution < 1.29 is 5.11 Å². The van der Waals surface area contributed by atoms with Crippen LogP contribution < -0.4 is 0 Å². The van der Waals surface area contributed by atoms with Gasteiger partial charge >= 0.3 is 0 Å². The lowest BCUT2D eigenvalue weighted by atomic mass is 9.73. The summed E-state index contributed by atoms with van der Waals surface area (Å²) in [6.07, 6.45) is 11.4. The van der Waals surface area contributed by atoms with E-state index in [0.29, 0.717) is 5.41 Å². The monoisotopic (exact) mass is 190 g/mol. The van der Waals surface area contributed by atoms with E-state index >= 15 is 0 Å². The summed E-state index contributed by atoms with van der Waals surface area (Å²) in [5, 5.41) is 10.1. The Bertz CT molecular complexity index is 299. The Morgan fingerprint density at radius 1 is 1.07 bits per heavy atom. The molecule has 2 rings (SSSR count). The zero-order valence-corrected chi connectivity index (χ0v) is 8.84. The average Bonchev–Trinajstić information content (AvgIpc) is 2.61. The van der Waals surface area contributed by atoms with Crippen molar-refractivity contribution in [1.29, 1.82) is 0 Å². The molecule has 1 fully saturated rings. The van der Waals surface area contributed by atoms with Crippen LogP contribution in [0.15, 0.2) is 12.2 Å². The van der Waals surface area contributed by atoms with Crippen LogP contribution in [0, 0.1) is 17.3 Å². The van der Waals surface area contributed by atoms with Gasteiger partial charge in [0.25, 0.3) is 0 Å². The second-order valence-corrected chi connectivity index (χ2v) is 4.70. The Kier molecular flexibility index (Phi) is 2.41. The molecule has 0 saturated heterocycles. The molecule has 0 heterocycles. The summed E-state index contributed by atoms with van der Waals surface area (Å²) in [4.78, 5) is 0. The van der Waals surface area contributed by atoms with E-state index in [1.54, 1.807) is 6.92 Å². The van der Waals surface area contributed by atoms with E-state index in [2.05, 4.69) is 17.9 Å². The van der Waals surface area contributed by atoms with Crippen LogP contribution in [0.1, 0.15) is 45.4 Å². The molecule has 1 unspecified atom stereocenters. The molecule has 1 N–H and O–H groups in total. The fourth-order valence-electron chi connectivity index (χ4n) is 2.74. The van der Waals surface area contributed by atoms with Gasteiger partial charge in [0.1, 0.15) is 5.60 Å². The summed E-state index contributed by atoms with van der Waals surface area (Å²) in [5.74, 6) is 5.69. The molecule has 76 valence electrons. The summed E-state index contributed by atoms with van der Waals surface area (Å²) in [5.41, 5.74) is -0.412. The molecule has 2 aliphatic rings. The lowest BCUT2D eigenvalue weighted by Crippen LogP contribution is -2.32. The predicted octanol–water partition coefficient (Wildman–Crippen LogP) is 2.65. The minimum absolute atomic E-state index is 0.418. The van der Waals surface area contributed by atoms with E-state index in [1.807, 2.05) is 6.08 Å². The molecular formula is C13H18O. The molecule has 1 atom stereocenters. The normalized spacial score (nSPS) is 34.1. The van der Waals surface area contributed by atoms with Crippen molar-refractivity contribution in [2.45, 2.75) is 51.0 Å². The third-order valence-corrected chi connectivity index (χ3v) is 3.66. The van der Waals surface area contributed by atoms with Gasteiger partial charge in [-0.3, -0.25) is 0 Å². The molecule has 0 aromatic rings. The van der Waals surface area contributed by atoms with Gasteiger partial charge in [0.2, 0.25) is 0 Å². The highest BCUT2D eigenvalue weighted by Gasteiger charge is 2.38. The number of rotatable bonds is 0. The number of aliphatic hydroxyl groups is 1. The van der Waals surface area contributed by atoms with Gasteiger partial charge in [0, 0.05) is 0 Å². The van der Waals surface area contributed by atoms with Crippen molar-refractivity contribution in [3.05, 3.63) is 12.2 Å². The van der Waals surface area contributed by atoms with Crippen LogP contribution in [0.5, 0.6) is 0 Å². The standard InChI is InChI=1S/C13H18O/c1-2-5-13(14)10-8-12(9-11-13)6-3-4-7-12/h8,10,14H,3-4,6-7,9,11H2,1H3. The van der Waals surface area contributed by atoms with Crippen molar-refractivity contribution in [3.8, 4) is 11.8 Å². The molecule has 14 heavy (non-hydrogen) atoms. The fourth-order valence-corrected chi connectivity index (χ4v) is 2.74. The maximum absolute atomic E-state index is 10.1. The SMILES string of the molecule is CC#CC1(O)C=CC2(CCCC2)CC1. The minimum Gasteiger partial charge on any atom is -0.374 e. The Labute approximate surface area is 86.2 Å². The first-order chi connectivity index (χ1) is 6.68. The van der Waals surface area contributed by atoms with Crippen molar-refractivity contribution in [1.82, 2.24) is 0 Å². The number of allylic oxidation sites excluding steroid dienone is 1. The van der Waals surface area contributed by atoms with Gasteiger partial charge < -0.3 is 5.11 Å². The van der Waals surface area contributed by atoms with E-state index in [1.165, 1.54) is 25.7 Å². The van der Waals surface area contributed by atoms with E-state index < -0.39 is 5.60 Å². The van der Waals surface area contributed by atoms with Gasteiger partial charge in [0.05, 0.1) is 0 Å². The topological polar surface area (TPSA) is 20.2 Å². The average molecular weight is 190 g/mol. The predicted molar refractivity (Wildman–Crippen MR) is 57.7 cm³/mol. The highest BCUT2D eigenvalue weighted by molar-refractivity contribution is 5.26. The molecule has 1 spiro atoms. The van der Waals surface area contributed by atoms with Gasteiger partial charge in [-0.25, -0.2) is 0 Å². The Morgan fingerprint density at radius 2 is 1.79 bits per heavy atom. The molecule has 0 aliphatic heterocycles. The van der Waals surface area contributed by atoms with Gasteiger partial charge in [-0.1, -0.05) is 24.8 Å². The molecule has 1 heteroatoms. The maximum atomic E-state index is 10.1. The lowest BCUT2D eigenvalue weighted by Gasteiger charge is -2.34. The summed E-state index contributed by atoms with van der Waals surface area (Å²) in [6.45, 7) is 1.78. The lowest BCUT2D eigenvalue weighted by molar-refractivity contribution is 0.111. The van der Waals surface area contributed by atoms with Crippen LogP contribution in [0.4, 0.5) is 0 Å². The minimum atomic E-state index is -0.831. The molecular weight excluding hydrogens is 172 g/mol. The molecule has 0 aromatic carbocycles. The molecule has 0 aromatic heterocycles. The second kappa shape index (κ2) is 3.44. The van der Waals surface area contributed by atoms with Gasteiger partial charge in [-0.2, -0.15) is 0 Å².